The van der Waals surface area contributed by atoms with Gasteiger partial charge in [0.1, 0.15) is 0 Å². The van der Waals surface area contributed by atoms with E-state index < -0.39 is 0 Å². The molecule has 6 heteroatoms. The molecule has 2 heterocycles. The smallest absolute Gasteiger partial charge is 0.315 e. The summed E-state index contributed by atoms with van der Waals surface area (Å²) in [5.74, 6) is 0. The van der Waals surface area contributed by atoms with E-state index in [0.717, 1.165) is 29.5 Å². The summed E-state index contributed by atoms with van der Waals surface area (Å²) in [6.45, 7) is 0.472. The molecule has 2 N–H and O–H groups in total. The zero-order valence-electron chi connectivity index (χ0n) is 13.5. The minimum absolute atomic E-state index is 0.0938. The SMILES string of the molecule is Cn1cc(-c2cncc(CNC(=O)NC3CCCCC3)c2)cn1. The van der Waals surface area contributed by atoms with E-state index in [2.05, 4.69) is 20.7 Å². The molecule has 1 saturated carbocycles. The van der Waals surface area contributed by atoms with E-state index in [-0.39, 0.29) is 6.03 Å². The topological polar surface area (TPSA) is 71.8 Å². The summed E-state index contributed by atoms with van der Waals surface area (Å²) in [4.78, 5) is 16.2. The zero-order chi connectivity index (χ0) is 16.1. The first kappa shape index (κ1) is 15.5. The number of pyridine rings is 1. The van der Waals surface area contributed by atoms with Crippen LogP contribution in [0.2, 0.25) is 0 Å². The monoisotopic (exact) mass is 313 g/mol. The number of carbonyl (C=O) groups is 1. The predicted octanol–water partition coefficient (Wildman–Crippen LogP) is 2.61. The Hall–Kier alpha value is -2.37. The fourth-order valence-corrected chi connectivity index (χ4v) is 2.98. The summed E-state index contributed by atoms with van der Waals surface area (Å²) >= 11 is 0. The molecule has 0 radical (unpaired) electrons. The molecule has 23 heavy (non-hydrogen) atoms. The number of urea groups is 1. The molecule has 0 aromatic carbocycles. The van der Waals surface area contributed by atoms with Crippen LogP contribution in [0.4, 0.5) is 4.79 Å². The molecule has 3 rings (SSSR count). The van der Waals surface area contributed by atoms with Gasteiger partial charge in [-0.3, -0.25) is 9.67 Å². The van der Waals surface area contributed by atoms with Crippen molar-refractivity contribution in [3.05, 3.63) is 36.4 Å². The predicted molar refractivity (Wildman–Crippen MR) is 88.7 cm³/mol. The Morgan fingerprint density at radius 2 is 2.04 bits per heavy atom. The van der Waals surface area contributed by atoms with Gasteiger partial charge >= 0.3 is 6.03 Å². The van der Waals surface area contributed by atoms with Gasteiger partial charge in [-0.2, -0.15) is 5.10 Å². The summed E-state index contributed by atoms with van der Waals surface area (Å²) in [5.41, 5.74) is 3.00. The van der Waals surface area contributed by atoms with Gasteiger partial charge in [0.25, 0.3) is 0 Å². The number of rotatable bonds is 4. The molecule has 0 atom stereocenters. The molecule has 0 bridgehead atoms. The maximum absolute atomic E-state index is 12.0. The molecule has 0 saturated heterocycles. The number of nitrogens with zero attached hydrogens (tertiary/aromatic N) is 3. The molecule has 0 spiro atoms. The Morgan fingerprint density at radius 1 is 1.22 bits per heavy atom. The minimum atomic E-state index is -0.0938. The van der Waals surface area contributed by atoms with Crippen molar-refractivity contribution in [3.8, 4) is 11.1 Å². The summed E-state index contributed by atoms with van der Waals surface area (Å²) in [7, 11) is 1.89. The maximum Gasteiger partial charge on any atom is 0.315 e. The van der Waals surface area contributed by atoms with Crippen LogP contribution in [0.3, 0.4) is 0 Å². The quantitative estimate of drug-likeness (QED) is 0.911. The van der Waals surface area contributed by atoms with E-state index in [0.29, 0.717) is 12.6 Å². The van der Waals surface area contributed by atoms with Gasteiger partial charge in [-0.05, 0) is 24.5 Å². The highest BCUT2D eigenvalue weighted by Gasteiger charge is 2.15. The highest BCUT2D eigenvalue weighted by Crippen LogP contribution is 2.19. The van der Waals surface area contributed by atoms with Crippen LogP contribution in [0.5, 0.6) is 0 Å². The second kappa shape index (κ2) is 7.26. The standard InChI is InChI=1S/C17H23N5O/c1-22-12-15(11-20-22)14-7-13(8-18-10-14)9-19-17(23)21-16-5-3-2-4-6-16/h7-8,10-12,16H,2-6,9H2,1H3,(H2,19,21,23). The van der Waals surface area contributed by atoms with Gasteiger partial charge in [-0.15, -0.1) is 0 Å². The summed E-state index contributed by atoms with van der Waals surface area (Å²) < 4.78 is 1.76. The van der Waals surface area contributed by atoms with Gasteiger partial charge in [0.2, 0.25) is 0 Å². The lowest BCUT2D eigenvalue weighted by Crippen LogP contribution is -2.42. The Kier molecular flexibility index (Phi) is 4.90. The molecular formula is C17H23N5O. The van der Waals surface area contributed by atoms with Gasteiger partial charge in [0.15, 0.2) is 0 Å². The Labute approximate surface area is 136 Å². The summed E-state index contributed by atoms with van der Waals surface area (Å²) in [6.07, 6.45) is 13.2. The highest BCUT2D eigenvalue weighted by molar-refractivity contribution is 5.74. The second-order valence-electron chi connectivity index (χ2n) is 6.15. The largest absolute Gasteiger partial charge is 0.335 e. The van der Waals surface area contributed by atoms with E-state index in [4.69, 9.17) is 0 Å². The summed E-state index contributed by atoms with van der Waals surface area (Å²) in [6, 6.07) is 2.26. The van der Waals surface area contributed by atoms with Gasteiger partial charge in [0, 0.05) is 49.4 Å². The molecule has 2 aromatic heterocycles. The lowest BCUT2D eigenvalue weighted by molar-refractivity contribution is 0.232. The van der Waals surface area contributed by atoms with Crippen molar-refractivity contribution in [2.24, 2.45) is 7.05 Å². The lowest BCUT2D eigenvalue weighted by atomic mass is 9.96. The second-order valence-corrected chi connectivity index (χ2v) is 6.15. The van der Waals surface area contributed by atoms with Crippen molar-refractivity contribution in [1.82, 2.24) is 25.4 Å². The molecule has 1 fully saturated rings. The third kappa shape index (κ3) is 4.31. The van der Waals surface area contributed by atoms with Crippen LogP contribution in [0.15, 0.2) is 30.9 Å². The van der Waals surface area contributed by atoms with E-state index in [1.807, 2.05) is 31.7 Å². The molecule has 0 unspecified atom stereocenters. The first-order chi connectivity index (χ1) is 11.2. The average molecular weight is 313 g/mol. The number of aryl methyl sites for hydroxylation is 1. The van der Waals surface area contributed by atoms with Gasteiger partial charge in [-0.1, -0.05) is 19.3 Å². The fourth-order valence-electron chi connectivity index (χ4n) is 2.98. The Bertz CT molecular complexity index is 661. The first-order valence-corrected chi connectivity index (χ1v) is 8.18. The molecule has 1 aliphatic carbocycles. The van der Waals surface area contributed by atoms with Crippen LogP contribution < -0.4 is 10.6 Å². The number of nitrogens with one attached hydrogen (secondary N) is 2. The number of hydrogen-bond acceptors (Lipinski definition) is 3. The minimum Gasteiger partial charge on any atom is -0.335 e. The van der Waals surface area contributed by atoms with Gasteiger partial charge in [-0.25, -0.2) is 4.79 Å². The van der Waals surface area contributed by atoms with Gasteiger partial charge in [0.05, 0.1) is 6.20 Å². The Balaban J connectivity index is 1.54. The number of hydrogen-bond donors (Lipinski definition) is 2. The molecule has 2 aromatic rings. The van der Waals surface area contributed by atoms with Crippen LogP contribution in [-0.4, -0.2) is 26.8 Å². The zero-order valence-corrected chi connectivity index (χ0v) is 13.5. The molecular weight excluding hydrogens is 290 g/mol. The third-order valence-electron chi connectivity index (χ3n) is 4.23. The van der Waals surface area contributed by atoms with Crippen LogP contribution in [-0.2, 0) is 13.6 Å². The number of amides is 2. The van der Waals surface area contributed by atoms with Crippen molar-refractivity contribution in [2.45, 2.75) is 44.7 Å². The first-order valence-electron chi connectivity index (χ1n) is 8.18. The van der Waals surface area contributed by atoms with Crippen LogP contribution in [0.25, 0.3) is 11.1 Å². The summed E-state index contributed by atoms with van der Waals surface area (Å²) in [5, 5.41) is 10.1. The molecule has 1 aliphatic rings. The van der Waals surface area contributed by atoms with Crippen molar-refractivity contribution in [2.75, 3.05) is 0 Å². The fraction of sp³-hybridized carbons (Fsp3) is 0.471. The van der Waals surface area contributed by atoms with Crippen LogP contribution in [0.1, 0.15) is 37.7 Å². The molecule has 122 valence electrons. The molecule has 2 amide bonds. The van der Waals surface area contributed by atoms with Crippen LogP contribution in [0, 0.1) is 0 Å². The Morgan fingerprint density at radius 3 is 2.78 bits per heavy atom. The number of carbonyl (C=O) groups excluding carboxylic acids is 1. The van der Waals surface area contributed by atoms with E-state index in [1.54, 1.807) is 10.9 Å². The van der Waals surface area contributed by atoms with Crippen molar-refractivity contribution < 1.29 is 4.79 Å². The molecule has 0 aliphatic heterocycles. The third-order valence-corrected chi connectivity index (χ3v) is 4.23. The lowest BCUT2D eigenvalue weighted by Gasteiger charge is -2.22. The van der Waals surface area contributed by atoms with E-state index >= 15 is 0 Å². The average Bonchev–Trinajstić information content (AvgIpc) is 3.01. The van der Waals surface area contributed by atoms with E-state index in [1.165, 1.54) is 19.3 Å². The normalized spacial score (nSPS) is 15.3. The van der Waals surface area contributed by atoms with Crippen LogP contribution >= 0.6 is 0 Å². The van der Waals surface area contributed by atoms with E-state index in [9.17, 15) is 4.79 Å². The van der Waals surface area contributed by atoms with Crippen molar-refractivity contribution in [3.63, 3.8) is 0 Å². The van der Waals surface area contributed by atoms with Gasteiger partial charge < -0.3 is 10.6 Å². The highest BCUT2D eigenvalue weighted by atomic mass is 16.2. The maximum atomic E-state index is 12.0. The van der Waals surface area contributed by atoms with Crippen molar-refractivity contribution in [1.29, 1.82) is 0 Å². The number of aromatic nitrogens is 3. The van der Waals surface area contributed by atoms with Crippen molar-refractivity contribution >= 4 is 6.03 Å². The molecule has 6 nitrogen and oxygen atoms in total.